The van der Waals surface area contributed by atoms with Gasteiger partial charge in [-0.15, -0.1) is 24.0 Å². The number of fused-ring (bicyclic) bond motifs is 1. The van der Waals surface area contributed by atoms with Crippen LogP contribution in [0.1, 0.15) is 12.5 Å². The van der Waals surface area contributed by atoms with Crippen molar-refractivity contribution in [3.8, 4) is 11.5 Å². The summed E-state index contributed by atoms with van der Waals surface area (Å²) in [6, 6.07) is 3.90. The van der Waals surface area contributed by atoms with E-state index in [4.69, 9.17) is 25.8 Å². The fourth-order valence-electron chi connectivity index (χ4n) is 2.24. The molecular weight excluding hydrogens is 445 g/mol. The number of hydrogen-bond acceptors (Lipinski definition) is 4. The van der Waals surface area contributed by atoms with E-state index in [0.717, 1.165) is 43.4 Å². The molecule has 1 aliphatic heterocycles. The number of ether oxygens (including phenoxy) is 3. The first-order valence-corrected chi connectivity index (χ1v) is 8.22. The van der Waals surface area contributed by atoms with Gasteiger partial charge < -0.3 is 24.8 Å². The number of benzene rings is 1. The van der Waals surface area contributed by atoms with Crippen molar-refractivity contribution in [1.82, 2.24) is 10.6 Å². The molecule has 1 aliphatic rings. The van der Waals surface area contributed by atoms with Crippen LogP contribution in [0.4, 0.5) is 0 Å². The number of hydrogen-bond donors (Lipinski definition) is 2. The Balaban J connectivity index is 0.00000288. The second-order valence-corrected chi connectivity index (χ2v) is 5.38. The largest absolute Gasteiger partial charge is 0.486 e. The summed E-state index contributed by atoms with van der Waals surface area (Å²) in [5.41, 5.74) is 1.09. The molecule has 0 saturated carbocycles. The van der Waals surface area contributed by atoms with Crippen molar-refractivity contribution in [2.45, 2.75) is 13.3 Å². The highest BCUT2D eigenvalue weighted by Gasteiger charge is 2.16. The first kappa shape index (κ1) is 21.1. The average molecular weight is 470 g/mol. The molecule has 0 amide bonds. The van der Waals surface area contributed by atoms with E-state index in [2.05, 4.69) is 15.6 Å². The Morgan fingerprint density at radius 2 is 2.00 bits per heavy atom. The highest BCUT2D eigenvalue weighted by Crippen LogP contribution is 2.38. The van der Waals surface area contributed by atoms with Crippen LogP contribution in [-0.4, -0.2) is 52.5 Å². The average Bonchev–Trinajstić information content (AvgIpc) is 2.57. The maximum atomic E-state index is 6.24. The molecule has 2 rings (SSSR count). The van der Waals surface area contributed by atoms with Gasteiger partial charge >= 0.3 is 0 Å². The minimum Gasteiger partial charge on any atom is -0.486 e. The standard InChI is InChI=1S/C16H24ClN3O3.HI/c1-3-21-7-6-20-16(18-2)19-5-4-12-10-13(17)15-14(11-12)22-8-9-23-15;/h10-11H,3-9H2,1-2H3,(H2,18,19,20);1H. The zero-order valence-corrected chi connectivity index (χ0v) is 17.1. The summed E-state index contributed by atoms with van der Waals surface area (Å²) in [5, 5.41) is 7.05. The van der Waals surface area contributed by atoms with Gasteiger partial charge in [0.15, 0.2) is 17.5 Å². The minimum absolute atomic E-state index is 0. The Hall–Kier alpha value is -0.930. The fraction of sp³-hybridized carbons (Fsp3) is 0.562. The van der Waals surface area contributed by atoms with Crippen molar-refractivity contribution < 1.29 is 14.2 Å². The predicted octanol–water partition coefficient (Wildman–Crippen LogP) is 2.47. The molecule has 2 N–H and O–H groups in total. The second-order valence-electron chi connectivity index (χ2n) is 4.97. The molecule has 1 aromatic rings. The van der Waals surface area contributed by atoms with Crippen molar-refractivity contribution in [2.24, 2.45) is 4.99 Å². The number of halogens is 2. The van der Waals surface area contributed by atoms with Crippen LogP contribution in [0, 0.1) is 0 Å². The molecular formula is C16H25ClIN3O3. The third-order valence-corrected chi connectivity index (χ3v) is 3.61. The van der Waals surface area contributed by atoms with E-state index in [9.17, 15) is 0 Å². The van der Waals surface area contributed by atoms with Gasteiger partial charge in [-0.05, 0) is 31.0 Å². The molecule has 0 aliphatic carbocycles. The molecule has 0 saturated heterocycles. The van der Waals surface area contributed by atoms with Crippen LogP contribution in [0.3, 0.4) is 0 Å². The molecule has 0 atom stereocenters. The SMILES string of the molecule is CCOCCNC(=NC)NCCc1cc(Cl)c2c(c1)OCCO2.I. The summed E-state index contributed by atoms with van der Waals surface area (Å²) < 4.78 is 16.4. The maximum absolute atomic E-state index is 6.24. The lowest BCUT2D eigenvalue weighted by Gasteiger charge is -2.20. The van der Waals surface area contributed by atoms with Gasteiger partial charge in [0.05, 0.1) is 11.6 Å². The molecule has 0 spiro atoms. The molecule has 8 heteroatoms. The molecule has 0 unspecified atom stereocenters. The lowest BCUT2D eigenvalue weighted by molar-refractivity contribution is 0.152. The zero-order valence-electron chi connectivity index (χ0n) is 14.1. The molecule has 0 fully saturated rings. The number of nitrogens with zero attached hydrogens (tertiary/aromatic N) is 1. The van der Waals surface area contributed by atoms with Crippen molar-refractivity contribution in [3.05, 3.63) is 22.7 Å². The van der Waals surface area contributed by atoms with Gasteiger partial charge in [0.2, 0.25) is 0 Å². The van der Waals surface area contributed by atoms with E-state index in [0.29, 0.717) is 30.6 Å². The Kier molecular flexibility index (Phi) is 10.2. The van der Waals surface area contributed by atoms with Gasteiger partial charge in [0.1, 0.15) is 13.2 Å². The van der Waals surface area contributed by atoms with Crippen LogP contribution < -0.4 is 20.1 Å². The summed E-state index contributed by atoms with van der Waals surface area (Å²) >= 11 is 6.24. The Labute approximate surface area is 165 Å². The molecule has 0 radical (unpaired) electrons. The van der Waals surface area contributed by atoms with Gasteiger partial charge in [-0.3, -0.25) is 4.99 Å². The summed E-state index contributed by atoms with van der Waals surface area (Å²) in [7, 11) is 1.75. The van der Waals surface area contributed by atoms with E-state index >= 15 is 0 Å². The van der Waals surface area contributed by atoms with E-state index in [-0.39, 0.29) is 24.0 Å². The van der Waals surface area contributed by atoms with E-state index < -0.39 is 0 Å². The summed E-state index contributed by atoms with van der Waals surface area (Å²) in [6.07, 6.45) is 0.808. The van der Waals surface area contributed by atoms with Crippen LogP contribution in [0.5, 0.6) is 11.5 Å². The molecule has 1 aromatic carbocycles. The van der Waals surface area contributed by atoms with E-state index in [1.54, 1.807) is 7.05 Å². The fourth-order valence-corrected chi connectivity index (χ4v) is 2.53. The number of aliphatic imine (C=N–C) groups is 1. The van der Waals surface area contributed by atoms with Gasteiger partial charge in [-0.25, -0.2) is 0 Å². The van der Waals surface area contributed by atoms with Gasteiger partial charge in [-0.1, -0.05) is 11.6 Å². The number of rotatable bonds is 7. The van der Waals surface area contributed by atoms with Gasteiger partial charge in [0, 0.05) is 26.7 Å². The van der Waals surface area contributed by atoms with E-state index in [1.807, 2.05) is 19.1 Å². The first-order valence-electron chi connectivity index (χ1n) is 7.85. The van der Waals surface area contributed by atoms with Crippen LogP contribution in [-0.2, 0) is 11.2 Å². The van der Waals surface area contributed by atoms with Crippen molar-refractivity contribution >= 4 is 41.5 Å². The quantitative estimate of drug-likeness (QED) is 0.278. The normalized spacial score (nSPS) is 13.2. The summed E-state index contributed by atoms with van der Waals surface area (Å²) in [5.74, 6) is 2.12. The van der Waals surface area contributed by atoms with Crippen LogP contribution in [0.25, 0.3) is 0 Å². The zero-order chi connectivity index (χ0) is 16.5. The van der Waals surface area contributed by atoms with Crippen LogP contribution in [0.15, 0.2) is 17.1 Å². The third kappa shape index (κ3) is 6.52. The van der Waals surface area contributed by atoms with Gasteiger partial charge in [0.25, 0.3) is 0 Å². The third-order valence-electron chi connectivity index (χ3n) is 3.33. The number of guanidine groups is 1. The minimum atomic E-state index is 0. The topological polar surface area (TPSA) is 64.1 Å². The molecule has 0 bridgehead atoms. The molecule has 24 heavy (non-hydrogen) atoms. The Morgan fingerprint density at radius 3 is 2.75 bits per heavy atom. The Morgan fingerprint density at radius 1 is 1.25 bits per heavy atom. The Bertz CT molecular complexity index is 544. The second kappa shape index (κ2) is 11.6. The lowest BCUT2D eigenvalue weighted by Crippen LogP contribution is -2.39. The van der Waals surface area contributed by atoms with Crippen molar-refractivity contribution in [1.29, 1.82) is 0 Å². The molecule has 1 heterocycles. The molecule has 6 nitrogen and oxygen atoms in total. The molecule has 136 valence electrons. The highest BCUT2D eigenvalue weighted by molar-refractivity contribution is 14.0. The highest BCUT2D eigenvalue weighted by atomic mass is 127. The van der Waals surface area contributed by atoms with Gasteiger partial charge in [-0.2, -0.15) is 0 Å². The van der Waals surface area contributed by atoms with Crippen molar-refractivity contribution in [3.63, 3.8) is 0 Å². The molecule has 0 aromatic heterocycles. The number of nitrogens with one attached hydrogen (secondary N) is 2. The summed E-state index contributed by atoms with van der Waals surface area (Å²) in [4.78, 5) is 4.17. The van der Waals surface area contributed by atoms with Crippen LogP contribution >= 0.6 is 35.6 Å². The first-order chi connectivity index (χ1) is 11.2. The lowest BCUT2D eigenvalue weighted by atomic mass is 10.1. The smallest absolute Gasteiger partial charge is 0.191 e. The maximum Gasteiger partial charge on any atom is 0.191 e. The predicted molar refractivity (Wildman–Crippen MR) is 107 cm³/mol. The van der Waals surface area contributed by atoms with E-state index in [1.165, 1.54) is 0 Å². The van der Waals surface area contributed by atoms with Crippen molar-refractivity contribution in [2.75, 3.05) is 46.6 Å². The van der Waals surface area contributed by atoms with Crippen LogP contribution in [0.2, 0.25) is 5.02 Å². The monoisotopic (exact) mass is 469 g/mol. The summed E-state index contributed by atoms with van der Waals surface area (Å²) in [6.45, 7) is 5.92.